The normalized spacial score (nSPS) is 10.8. The van der Waals surface area contributed by atoms with Crippen molar-refractivity contribution in [1.82, 2.24) is 4.65 Å². The Morgan fingerprint density at radius 3 is 1.68 bits per heavy atom. The summed E-state index contributed by atoms with van der Waals surface area (Å²) in [5, 5.41) is 0. The average molecular weight is 255 g/mol. The number of hydrogen-bond donors (Lipinski definition) is 0. The maximum atomic E-state index is 11.5. The van der Waals surface area contributed by atoms with E-state index in [1.54, 1.807) is 48.5 Å². The monoisotopic (exact) mass is 255 g/mol. The van der Waals surface area contributed by atoms with Gasteiger partial charge in [-0.15, -0.1) is 0 Å². The first kappa shape index (κ1) is 13.0. The van der Waals surface area contributed by atoms with Crippen LogP contribution in [0.5, 0.6) is 0 Å². The van der Waals surface area contributed by atoms with Crippen molar-refractivity contribution in [3.05, 3.63) is 60.7 Å². The lowest BCUT2D eigenvalue weighted by molar-refractivity contribution is -0.159. The van der Waals surface area contributed by atoms with E-state index in [0.29, 0.717) is 11.4 Å². The summed E-state index contributed by atoms with van der Waals surface area (Å²) < 4.78 is -0.725. The van der Waals surface area contributed by atoms with Crippen LogP contribution in [0, 0.1) is 0 Å². The molecule has 0 atom stereocenters. The molecule has 0 aliphatic carbocycles. The summed E-state index contributed by atoms with van der Waals surface area (Å²) in [6.07, 6.45) is 1.82. The molecule has 4 heteroatoms. The van der Waals surface area contributed by atoms with Gasteiger partial charge < -0.3 is 0 Å². The SMILES string of the molecule is CC(=O)O[N+]([C]=O)(c1ccccc1)c1ccccc1. The molecule has 0 unspecified atom stereocenters. The van der Waals surface area contributed by atoms with Crippen LogP contribution < -0.4 is 4.65 Å². The van der Waals surface area contributed by atoms with Gasteiger partial charge in [0.1, 0.15) is 0 Å². The lowest BCUT2D eigenvalue weighted by atomic mass is 10.2. The van der Waals surface area contributed by atoms with E-state index in [1.165, 1.54) is 6.92 Å². The Balaban J connectivity index is 2.61. The van der Waals surface area contributed by atoms with Crippen molar-refractivity contribution in [3.63, 3.8) is 0 Å². The Hall–Kier alpha value is -2.46. The van der Waals surface area contributed by atoms with Crippen LogP contribution in [-0.4, -0.2) is 12.4 Å². The molecule has 0 saturated carbocycles. The summed E-state index contributed by atoms with van der Waals surface area (Å²) in [5.74, 6) is -0.559. The number of nitrogens with zero attached hydrogens (tertiary/aromatic N) is 1. The van der Waals surface area contributed by atoms with Crippen molar-refractivity contribution in [2.75, 3.05) is 0 Å². The number of carbonyl (C=O) groups is 1. The molecule has 4 nitrogen and oxygen atoms in total. The van der Waals surface area contributed by atoms with Crippen LogP contribution in [0.1, 0.15) is 6.92 Å². The molecule has 0 heterocycles. The summed E-state index contributed by atoms with van der Waals surface area (Å²) in [7, 11) is 0. The molecular formula is C15H13NO3+. The van der Waals surface area contributed by atoms with E-state index in [2.05, 4.69) is 0 Å². The second-order valence-corrected chi connectivity index (χ2v) is 3.95. The van der Waals surface area contributed by atoms with E-state index in [1.807, 2.05) is 18.5 Å². The van der Waals surface area contributed by atoms with Crippen LogP contribution in [0.15, 0.2) is 60.7 Å². The van der Waals surface area contributed by atoms with Gasteiger partial charge in [-0.3, -0.25) is 4.84 Å². The molecule has 0 aromatic heterocycles. The topological polar surface area (TPSA) is 43.4 Å². The number of hydroxylamine groups is 1. The van der Waals surface area contributed by atoms with Crippen molar-refractivity contribution in [3.8, 4) is 0 Å². The van der Waals surface area contributed by atoms with Crippen LogP contribution in [0.25, 0.3) is 0 Å². The summed E-state index contributed by atoms with van der Waals surface area (Å²) >= 11 is 0. The Morgan fingerprint density at radius 1 is 0.947 bits per heavy atom. The molecular weight excluding hydrogens is 242 g/mol. The predicted molar refractivity (Wildman–Crippen MR) is 71.8 cm³/mol. The van der Waals surface area contributed by atoms with E-state index >= 15 is 0 Å². The number of para-hydroxylation sites is 2. The zero-order valence-electron chi connectivity index (χ0n) is 10.4. The minimum atomic E-state index is -0.725. The summed E-state index contributed by atoms with van der Waals surface area (Å²) in [5.41, 5.74) is 1.03. The molecule has 1 radical (unpaired) electrons. The van der Waals surface area contributed by atoms with Gasteiger partial charge in [0.15, 0.2) is 11.4 Å². The zero-order chi connectivity index (χ0) is 13.7. The largest absolute Gasteiger partial charge is 0.499 e. The number of quaternary nitrogens is 1. The van der Waals surface area contributed by atoms with Crippen molar-refractivity contribution in [2.24, 2.45) is 0 Å². The molecule has 0 fully saturated rings. The highest BCUT2D eigenvalue weighted by Crippen LogP contribution is 2.33. The van der Waals surface area contributed by atoms with Crippen molar-refractivity contribution >= 4 is 23.8 Å². The van der Waals surface area contributed by atoms with Crippen molar-refractivity contribution < 1.29 is 14.4 Å². The highest BCUT2D eigenvalue weighted by molar-refractivity contribution is 5.81. The van der Waals surface area contributed by atoms with Gasteiger partial charge in [0.25, 0.3) is 0 Å². The van der Waals surface area contributed by atoms with Gasteiger partial charge in [-0.2, -0.15) is 0 Å². The number of amides is 1. The third-order valence-electron chi connectivity index (χ3n) is 2.63. The standard InChI is InChI=1S/C15H13NO3/c1-13(18)19-16(12-17,14-8-4-2-5-9-14)15-10-6-3-7-11-15/h2-11H,1H3/q+1. The van der Waals surface area contributed by atoms with Gasteiger partial charge in [-0.25, -0.2) is 9.59 Å². The second-order valence-electron chi connectivity index (χ2n) is 3.95. The van der Waals surface area contributed by atoms with Crippen LogP contribution in [0.2, 0.25) is 0 Å². The molecule has 0 bridgehead atoms. The summed E-state index contributed by atoms with van der Waals surface area (Å²) in [6.45, 7) is 1.26. The van der Waals surface area contributed by atoms with Gasteiger partial charge in [-0.1, -0.05) is 36.4 Å². The smallest absolute Gasteiger partial charge is 0.257 e. The quantitative estimate of drug-likeness (QED) is 0.623. The second kappa shape index (κ2) is 5.46. The van der Waals surface area contributed by atoms with E-state index in [0.717, 1.165) is 0 Å². The van der Waals surface area contributed by atoms with Crippen LogP contribution in [-0.2, 0) is 14.4 Å². The first-order valence-electron chi connectivity index (χ1n) is 5.79. The lowest BCUT2D eigenvalue weighted by Crippen LogP contribution is -2.44. The van der Waals surface area contributed by atoms with Gasteiger partial charge in [0.05, 0.1) is 0 Å². The van der Waals surface area contributed by atoms with E-state index < -0.39 is 10.6 Å². The van der Waals surface area contributed by atoms with Gasteiger partial charge in [-0.05, 0) is 0 Å². The minimum absolute atomic E-state index is 0.513. The molecule has 0 saturated heterocycles. The molecule has 0 spiro atoms. The van der Waals surface area contributed by atoms with Crippen molar-refractivity contribution in [2.45, 2.75) is 6.92 Å². The number of benzene rings is 2. The molecule has 0 aliphatic rings. The number of rotatable bonds is 4. The highest BCUT2D eigenvalue weighted by atomic mass is 16.7. The third-order valence-corrected chi connectivity index (χ3v) is 2.63. The molecule has 2 aromatic carbocycles. The Bertz CT molecular complexity index is 527. The summed E-state index contributed by atoms with van der Waals surface area (Å²) in [6, 6.07) is 17.6. The number of hydrogen-bond acceptors (Lipinski definition) is 3. The molecule has 1 amide bonds. The lowest BCUT2D eigenvalue weighted by Gasteiger charge is -2.24. The van der Waals surface area contributed by atoms with Gasteiger partial charge in [0.2, 0.25) is 0 Å². The molecule has 95 valence electrons. The maximum Gasteiger partial charge on any atom is 0.499 e. The zero-order valence-corrected chi connectivity index (χ0v) is 10.4. The van der Waals surface area contributed by atoms with Gasteiger partial charge in [0, 0.05) is 35.8 Å². The first-order valence-corrected chi connectivity index (χ1v) is 5.79. The Kier molecular flexibility index (Phi) is 3.73. The number of carbonyl (C=O) groups excluding carboxylic acids is 2. The van der Waals surface area contributed by atoms with Crippen molar-refractivity contribution in [1.29, 1.82) is 0 Å². The third kappa shape index (κ3) is 2.53. The van der Waals surface area contributed by atoms with E-state index in [-0.39, 0.29) is 0 Å². The molecule has 19 heavy (non-hydrogen) atoms. The van der Waals surface area contributed by atoms with Crippen LogP contribution >= 0.6 is 0 Å². The molecule has 2 rings (SSSR count). The molecule has 2 aromatic rings. The molecule has 0 N–H and O–H groups in total. The van der Waals surface area contributed by atoms with Crippen LogP contribution in [0.3, 0.4) is 0 Å². The van der Waals surface area contributed by atoms with Crippen LogP contribution in [0.4, 0.5) is 11.4 Å². The van der Waals surface area contributed by atoms with E-state index in [9.17, 15) is 9.59 Å². The highest BCUT2D eigenvalue weighted by Gasteiger charge is 2.40. The van der Waals surface area contributed by atoms with E-state index in [4.69, 9.17) is 4.84 Å². The fourth-order valence-corrected chi connectivity index (χ4v) is 1.85. The minimum Gasteiger partial charge on any atom is -0.257 e. The fourth-order valence-electron chi connectivity index (χ4n) is 1.85. The predicted octanol–water partition coefficient (Wildman–Crippen LogP) is 2.87. The summed E-state index contributed by atoms with van der Waals surface area (Å²) in [4.78, 5) is 28.1. The Morgan fingerprint density at radius 2 is 1.37 bits per heavy atom. The fraction of sp³-hybridized carbons (Fsp3) is 0.0667. The first-order chi connectivity index (χ1) is 9.19. The van der Waals surface area contributed by atoms with Gasteiger partial charge >= 0.3 is 12.4 Å². The maximum absolute atomic E-state index is 11.5. The molecule has 0 aliphatic heterocycles. The average Bonchev–Trinajstić information content (AvgIpc) is 2.46. The Labute approximate surface area is 111 Å².